The van der Waals surface area contributed by atoms with Crippen molar-refractivity contribution in [2.24, 2.45) is 0 Å². The largest absolute Gasteiger partial charge is 0.390 e. The lowest BCUT2D eigenvalue weighted by Gasteiger charge is -2.25. The summed E-state index contributed by atoms with van der Waals surface area (Å²) in [5.41, 5.74) is 4.83. The zero-order valence-corrected chi connectivity index (χ0v) is 22.5. The van der Waals surface area contributed by atoms with Crippen molar-refractivity contribution in [2.75, 3.05) is 6.54 Å². The number of aryl methyl sites for hydroxylation is 2. The number of hydrogen-bond donors (Lipinski definition) is 3. The molecule has 206 valence electrons. The van der Waals surface area contributed by atoms with Gasteiger partial charge in [0.05, 0.1) is 17.7 Å². The summed E-state index contributed by atoms with van der Waals surface area (Å²) in [6, 6.07) is 14.1. The van der Waals surface area contributed by atoms with Gasteiger partial charge in [0.2, 0.25) is 0 Å². The van der Waals surface area contributed by atoms with E-state index in [1.165, 1.54) is 17.7 Å². The molecule has 0 spiro atoms. The van der Waals surface area contributed by atoms with E-state index >= 15 is 0 Å². The monoisotopic (exact) mass is 534 g/mol. The Bertz CT molecular complexity index is 1380. The van der Waals surface area contributed by atoms with Crippen LogP contribution >= 0.6 is 0 Å². The Balaban J connectivity index is 1.50. The topological polar surface area (TPSA) is 78.7 Å². The molecule has 0 fully saturated rings. The van der Waals surface area contributed by atoms with Gasteiger partial charge < -0.3 is 20.1 Å². The number of nitrogens with one attached hydrogen (secondary N) is 2. The van der Waals surface area contributed by atoms with Crippen LogP contribution in [0.1, 0.15) is 59.4 Å². The number of pyridine rings is 1. The van der Waals surface area contributed by atoms with Crippen molar-refractivity contribution < 1.29 is 18.7 Å². The van der Waals surface area contributed by atoms with Gasteiger partial charge in [-0.05, 0) is 66.6 Å². The van der Waals surface area contributed by atoms with Crippen LogP contribution in [0.5, 0.6) is 0 Å². The molecule has 1 amide bonds. The van der Waals surface area contributed by atoms with Gasteiger partial charge in [0.1, 0.15) is 17.3 Å². The smallest absolute Gasteiger partial charge is 0.253 e. The van der Waals surface area contributed by atoms with Crippen LogP contribution in [0.3, 0.4) is 0 Å². The molecule has 0 saturated heterocycles. The number of fused-ring (bicyclic) bond motifs is 1. The fraction of sp³-hybridized carbons (Fsp3) is 0.355. The van der Waals surface area contributed by atoms with Crippen LogP contribution in [0.4, 0.5) is 8.78 Å². The molecule has 8 heteroatoms. The number of carbonyl (C=O) groups excluding carboxylic acids is 1. The number of imidazole rings is 1. The van der Waals surface area contributed by atoms with Crippen LogP contribution < -0.4 is 10.6 Å². The summed E-state index contributed by atoms with van der Waals surface area (Å²) in [5.74, 6) is -1.80. The van der Waals surface area contributed by atoms with E-state index in [1.807, 2.05) is 22.7 Å². The minimum atomic E-state index is -1.01. The van der Waals surface area contributed by atoms with Crippen molar-refractivity contribution in [2.45, 2.75) is 64.6 Å². The molecular weight excluding hydrogens is 498 g/mol. The first-order valence-corrected chi connectivity index (χ1v) is 13.5. The van der Waals surface area contributed by atoms with Crippen molar-refractivity contribution in [3.8, 4) is 0 Å². The van der Waals surface area contributed by atoms with E-state index in [9.17, 15) is 18.7 Å². The van der Waals surface area contributed by atoms with Gasteiger partial charge in [-0.3, -0.25) is 4.79 Å². The van der Waals surface area contributed by atoms with E-state index in [0.29, 0.717) is 17.7 Å². The van der Waals surface area contributed by atoms with Gasteiger partial charge in [-0.25, -0.2) is 13.8 Å². The molecule has 39 heavy (non-hydrogen) atoms. The molecule has 0 bridgehead atoms. The molecule has 2 heterocycles. The summed E-state index contributed by atoms with van der Waals surface area (Å²) in [6.07, 6.45) is 6.45. The van der Waals surface area contributed by atoms with Gasteiger partial charge in [-0.15, -0.1) is 0 Å². The van der Waals surface area contributed by atoms with Crippen LogP contribution in [0.25, 0.3) is 5.65 Å². The predicted octanol–water partition coefficient (Wildman–Crippen LogP) is 5.01. The fourth-order valence-corrected chi connectivity index (χ4v) is 4.69. The number of aliphatic hydroxyl groups excluding tert-OH is 1. The number of carbonyl (C=O) groups is 1. The Morgan fingerprint density at radius 2 is 1.79 bits per heavy atom. The first-order valence-electron chi connectivity index (χ1n) is 13.5. The molecule has 6 nitrogen and oxygen atoms in total. The van der Waals surface area contributed by atoms with Gasteiger partial charge in [0.15, 0.2) is 0 Å². The average molecular weight is 535 g/mol. The molecule has 0 aliphatic carbocycles. The lowest BCUT2D eigenvalue weighted by atomic mass is 10.00. The van der Waals surface area contributed by atoms with Gasteiger partial charge in [-0.2, -0.15) is 0 Å². The molecule has 4 aromatic rings. The zero-order chi connectivity index (χ0) is 27.8. The maximum Gasteiger partial charge on any atom is 0.253 e. The highest BCUT2D eigenvalue weighted by Crippen LogP contribution is 2.15. The molecule has 2 atom stereocenters. The second kappa shape index (κ2) is 13.4. The molecular formula is C31H36F2N4O2. The lowest BCUT2D eigenvalue weighted by molar-refractivity contribution is 0.0829. The average Bonchev–Trinajstić information content (AvgIpc) is 3.33. The standard InChI is InChI=1S/C31H36F2N4O2/c1-3-5-9-27-18-35-30-11-10-24(20-37(27)30)31(39)36-28(15-23-13-25(32)16-26(33)14-23)29(38)19-34-17-22-8-6-7-21(4-2)12-22/h6-8,10-14,16,18,20,28-29,34,38H,3-5,9,15,17,19H2,1-2H3,(H,36,39). The normalized spacial score (nSPS) is 12.9. The maximum absolute atomic E-state index is 13.9. The van der Waals surface area contributed by atoms with Crippen LogP contribution in [-0.2, 0) is 25.8 Å². The van der Waals surface area contributed by atoms with Crippen molar-refractivity contribution in [1.82, 2.24) is 20.0 Å². The third kappa shape index (κ3) is 7.71. The van der Waals surface area contributed by atoms with Crippen molar-refractivity contribution in [1.29, 1.82) is 0 Å². The summed E-state index contributed by atoms with van der Waals surface area (Å²) in [4.78, 5) is 17.7. The van der Waals surface area contributed by atoms with E-state index < -0.39 is 23.8 Å². The maximum atomic E-state index is 13.9. The summed E-state index contributed by atoms with van der Waals surface area (Å²) < 4.78 is 29.7. The quantitative estimate of drug-likeness (QED) is 0.225. The molecule has 0 saturated carbocycles. The number of nitrogens with zero attached hydrogens (tertiary/aromatic N) is 2. The Labute approximate surface area is 228 Å². The highest BCUT2D eigenvalue weighted by atomic mass is 19.1. The van der Waals surface area contributed by atoms with Crippen LogP contribution in [0, 0.1) is 11.6 Å². The van der Waals surface area contributed by atoms with Crippen LogP contribution in [0.2, 0.25) is 0 Å². The summed E-state index contributed by atoms with van der Waals surface area (Å²) in [6.45, 7) is 4.93. The number of hydrogen-bond acceptors (Lipinski definition) is 4. The summed E-state index contributed by atoms with van der Waals surface area (Å²) in [7, 11) is 0. The Morgan fingerprint density at radius 1 is 1.03 bits per heavy atom. The molecule has 0 aliphatic rings. The van der Waals surface area contributed by atoms with Gasteiger partial charge in [0.25, 0.3) is 5.91 Å². The number of benzene rings is 2. The number of aliphatic hydroxyl groups is 1. The summed E-state index contributed by atoms with van der Waals surface area (Å²) in [5, 5.41) is 17.2. The van der Waals surface area contributed by atoms with Gasteiger partial charge in [0, 0.05) is 37.2 Å². The fourth-order valence-electron chi connectivity index (χ4n) is 4.69. The van der Waals surface area contributed by atoms with Gasteiger partial charge >= 0.3 is 0 Å². The van der Waals surface area contributed by atoms with E-state index in [4.69, 9.17) is 0 Å². The second-order valence-electron chi connectivity index (χ2n) is 9.93. The lowest BCUT2D eigenvalue weighted by Crippen LogP contribution is -2.48. The van der Waals surface area contributed by atoms with Crippen LogP contribution in [-0.4, -0.2) is 39.1 Å². The first-order chi connectivity index (χ1) is 18.9. The highest BCUT2D eigenvalue weighted by Gasteiger charge is 2.23. The van der Waals surface area contributed by atoms with E-state index in [0.717, 1.165) is 48.7 Å². The number of rotatable bonds is 13. The molecule has 0 aliphatic heterocycles. The van der Waals surface area contributed by atoms with E-state index in [2.05, 4.69) is 41.6 Å². The highest BCUT2D eigenvalue weighted by molar-refractivity contribution is 5.94. The van der Waals surface area contributed by atoms with E-state index in [-0.39, 0.29) is 18.9 Å². The first kappa shape index (κ1) is 28.4. The molecule has 2 aromatic carbocycles. The minimum absolute atomic E-state index is 0.0592. The number of halogens is 2. The molecule has 4 rings (SSSR count). The van der Waals surface area contributed by atoms with Gasteiger partial charge in [-0.1, -0.05) is 44.5 Å². The summed E-state index contributed by atoms with van der Waals surface area (Å²) >= 11 is 0. The number of unbranched alkanes of at least 4 members (excludes halogenated alkanes) is 1. The Hall–Kier alpha value is -3.62. The van der Waals surface area contributed by atoms with E-state index in [1.54, 1.807) is 18.3 Å². The predicted molar refractivity (Wildman–Crippen MR) is 149 cm³/mol. The van der Waals surface area contributed by atoms with Crippen LogP contribution in [0.15, 0.2) is 67.0 Å². The molecule has 0 radical (unpaired) electrons. The third-order valence-corrected chi connectivity index (χ3v) is 6.87. The van der Waals surface area contributed by atoms with Crippen molar-refractivity contribution in [3.63, 3.8) is 0 Å². The van der Waals surface area contributed by atoms with Crippen molar-refractivity contribution in [3.05, 3.63) is 107 Å². The van der Waals surface area contributed by atoms with Crippen molar-refractivity contribution >= 4 is 11.6 Å². The Morgan fingerprint density at radius 3 is 2.54 bits per heavy atom. The molecule has 2 unspecified atom stereocenters. The third-order valence-electron chi connectivity index (χ3n) is 6.87. The Kier molecular flexibility index (Phi) is 9.79. The number of amides is 1. The zero-order valence-electron chi connectivity index (χ0n) is 22.5. The molecule has 3 N–H and O–H groups in total. The SMILES string of the molecule is CCCCc1cnc2ccc(C(=O)NC(Cc3cc(F)cc(F)c3)C(O)CNCc3cccc(CC)c3)cn12. The minimum Gasteiger partial charge on any atom is -0.390 e. The number of aromatic nitrogens is 2. The molecule has 2 aromatic heterocycles. The second-order valence-corrected chi connectivity index (χ2v) is 9.93.